The second-order valence-corrected chi connectivity index (χ2v) is 6.45. The first-order valence-corrected chi connectivity index (χ1v) is 8.00. The lowest BCUT2D eigenvalue weighted by atomic mass is 9.92. The number of rotatable bonds is 8. The molecule has 2 rings (SSSR count). The first-order valence-electron chi connectivity index (χ1n) is 8.00. The van der Waals surface area contributed by atoms with Crippen LogP contribution in [0.25, 0.3) is 10.4 Å². The molecule has 23 heavy (non-hydrogen) atoms. The molecular weight excluding hydrogens is 302 g/mol. The van der Waals surface area contributed by atoms with Crippen LogP contribution in [0.3, 0.4) is 0 Å². The third-order valence-electron chi connectivity index (χ3n) is 4.21. The van der Waals surface area contributed by atoms with Gasteiger partial charge in [0.15, 0.2) is 5.79 Å². The number of carbonyl (C=O) groups is 1. The Balaban J connectivity index is 2.01. The van der Waals surface area contributed by atoms with Crippen molar-refractivity contribution in [2.75, 3.05) is 13.7 Å². The molecule has 2 aliphatic rings. The van der Waals surface area contributed by atoms with Gasteiger partial charge in [-0.3, -0.25) is 4.79 Å². The van der Waals surface area contributed by atoms with Crippen molar-refractivity contribution in [3.8, 4) is 0 Å². The third-order valence-corrected chi connectivity index (χ3v) is 4.21. The normalized spacial score (nSPS) is 32.9. The average molecular weight is 327 g/mol. The Labute approximate surface area is 136 Å². The van der Waals surface area contributed by atoms with Crippen molar-refractivity contribution < 1.29 is 23.7 Å². The maximum absolute atomic E-state index is 11.6. The summed E-state index contributed by atoms with van der Waals surface area (Å²) in [4.78, 5) is 14.4. The van der Waals surface area contributed by atoms with E-state index < -0.39 is 5.79 Å². The monoisotopic (exact) mass is 327 g/mol. The third kappa shape index (κ3) is 4.57. The number of esters is 1. The van der Waals surface area contributed by atoms with Gasteiger partial charge in [-0.25, -0.2) is 0 Å². The molecule has 0 N–H and O–H groups in total. The van der Waals surface area contributed by atoms with Crippen molar-refractivity contribution in [1.29, 1.82) is 0 Å². The van der Waals surface area contributed by atoms with E-state index in [1.165, 1.54) is 7.11 Å². The molecule has 0 amide bonds. The van der Waals surface area contributed by atoms with Crippen LogP contribution in [-0.2, 0) is 23.7 Å². The highest BCUT2D eigenvalue weighted by Crippen LogP contribution is 2.43. The number of hydrogen-bond donors (Lipinski definition) is 0. The molecule has 2 heterocycles. The fourth-order valence-corrected chi connectivity index (χ4v) is 3.23. The maximum Gasteiger partial charge on any atom is 0.305 e. The second kappa shape index (κ2) is 7.49. The summed E-state index contributed by atoms with van der Waals surface area (Å²) in [6.07, 6.45) is 1.36. The molecule has 2 aliphatic heterocycles. The number of nitrogens with zero attached hydrogens (tertiary/aromatic N) is 3. The smallest absolute Gasteiger partial charge is 0.305 e. The van der Waals surface area contributed by atoms with E-state index in [4.69, 9.17) is 24.5 Å². The van der Waals surface area contributed by atoms with Crippen LogP contribution in [0, 0.1) is 5.92 Å². The molecule has 8 nitrogen and oxygen atoms in total. The number of ether oxygens (including phenoxy) is 4. The zero-order chi connectivity index (χ0) is 17.0. The van der Waals surface area contributed by atoms with Gasteiger partial charge in [0.2, 0.25) is 0 Å². The Kier molecular flexibility index (Phi) is 5.86. The minimum Gasteiger partial charge on any atom is -0.469 e. The molecule has 0 saturated carbocycles. The molecule has 0 aromatic rings. The van der Waals surface area contributed by atoms with Crippen LogP contribution in [0.5, 0.6) is 0 Å². The molecule has 130 valence electrons. The first-order chi connectivity index (χ1) is 10.9. The van der Waals surface area contributed by atoms with Gasteiger partial charge < -0.3 is 18.9 Å². The van der Waals surface area contributed by atoms with Crippen LogP contribution in [-0.4, -0.2) is 49.8 Å². The molecular formula is C15H25N3O5. The molecule has 2 saturated heterocycles. The van der Waals surface area contributed by atoms with Crippen LogP contribution in [0.1, 0.15) is 40.0 Å². The van der Waals surface area contributed by atoms with E-state index in [9.17, 15) is 4.79 Å². The summed E-state index contributed by atoms with van der Waals surface area (Å²) in [5.41, 5.74) is 8.51. The molecule has 0 bridgehead atoms. The van der Waals surface area contributed by atoms with Gasteiger partial charge in [0.1, 0.15) is 12.2 Å². The summed E-state index contributed by atoms with van der Waals surface area (Å²) in [5.74, 6) is -0.864. The fourth-order valence-electron chi connectivity index (χ4n) is 3.23. The number of methoxy groups -OCH3 is 1. The topological polar surface area (TPSA) is 106 Å². The van der Waals surface area contributed by atoms with Crippen LogP contribution in [0.2, 0.25) is 0 Å². The van der Waals surface area contributed by atoms with Crippen LogP contribution < -0.4 is 0 Å². The van der Waals surface area contributed by atoms with Gasteiger partial charge in [-0.2, -0.15) is 0 Å². The lowest BCUT2D eigenvalue weighted by molar-refractivity contribution is -0.147. The van der Waals surface area contributed by atoms with Crippen molar-refractivity contribution in [1.82, 2.24) is 0 Å². The molecule has 5 atom stereocenters. The van der Waals surface area contributed by atoms with E-state index in [-0.39, 0.29) is 42.8 Å². The predicted octanol–water partition coefficient (Wildman–Crippen LogP) is 2.56. The number of azide groups is 1. The Morgan fingerprint density at radius 1 is 1.39 bits per heavy atom. The van der Waals surface area contributed by atoms with Gasteiger partial charge in [0, 0.05) is 4.91 Å². The molecule has 2 fully saturated rings. The van der Waals surface area contributed by atoms with Gasteiger partial charge in [0.25, 0.3) is 0 Å². The van der Waals surface area contributed by atoms with E-state index in [2.05, 4.69) is 16.9 Å². The molecule has 0 unspecified atom stereocenters. The van der Waals surface area contributed by atoms with Crippen LogP contribution >= 0.6 is 0 Å². The lowest BCUT2D eigenvalue weighted by Gasteiger charge is -2.17. The highest BCUT2D eigenvalue weighted by molar-refractivity contribution is 5.69. The van der Waals surface area contributed by atoms with Crippen LogP contribution in [0.4, 0.5) is 0 Å². The maximum atomic E-state index is 11.6. The number of epoxide rings is 1. The molecule has 0 spiro atoms. The van der Waals surface area contributed by atoms with Gasteiger partial charge in [0.05, 0.1) is 32.3 Å². The van der Waals surface area contributed by atoms with Gasteiger partial charge >= 0.3 is 5.97 Å². The zero-order valence-electron chi connectivity index (χ0n) is 14.1. The summed E-state index contributed by atoms with van der Waals surface area (Å²) in [5, 5.41) is 3.59. The Bertz CT molecular complexity index is 478. The second-order valence-electron chi connectivity index (χ2n) is 6.45. The predicted molar refractivity (Wildman–Crippen MR) is 81.5 cm³/mol. The average Bonchev–Trinajstić information content (AvgIpc) is 3.23. The Morgan fingerprint density at radius 2 is 2.13 bits per heavy atom. The van der Waals surface area contributed by atoms with E-state index in [0.717, 1.165) is 12.8 Å². The van der Waals surface area contributed by atoms with Crippen molar-refractivity contribution >= 4 is 5.97 Å². The highest BCUT2D eigenvalue weighted by atomic mass is 16.8. The van der Waals surface area contributed by atoms with Crippen LogP contribution in [0.15, 0.2) is 5.11 Å². The first kappa shape index (κ1) is 18.0. The minimum atomic E-state index is -0.737. The molecule has 8 heteroatoms. The highest BCUT2D eigenvalue weighted by Gasteiger charge is 2.57. The molecule has 0 aliphatic carbocycles. The van der Waals surface area contributed by atoms with E-state index in [1.54, 1.807) is 0 Å². The number of carbonyl (C=O) groups excluding carboxylic acids is 1. The molecule has 0 radical (unpaired) electrons. The van der Waals surface area contributed by atoms with Gasteiger partial charge in [-0.05, 0) is 31.7 Å². The summed E-state index contributed by atoms with van der Waals surface area (Å²) in [7, 11) is 1.39. The Hall–Kier alpha value is -1.34. The van der Waals surface area contributed by atoms with E-state index in [1.807, 2.05) is 13.8 Å². The van der Waals surface area contributed by atoms with Crippen molar-refractivity contribution in [3.05, 3.63) is 10.4 Å². The summed E-state index contributed by atoms with van der Waals surface area (Å²) >= 11 is 0. The van der Waals surface area contributed by atoms with Crippen molar-refractivity contribution in [2.45, 2.75) is 70.2 Å². The minimum absolute atomic E-state index is 0.0508. The lowest BCUT2D eigenvalue weighted by Crippen LogP contribution is -2.33. The largest absolute Gasteiger partial charge is 0.469 e. The standard InChI is InChI=1S/C15H25N3O5/c1-5-6-9(7-11(19)20-4)12-14(21-12)13-10(8-17-18-16)22-15(2,3)23-13/h9-10,12-14H,5-8H2,1-4H3/t9-,10+,12+,13+,14-/m0/s1. The summed E-state index contributed by atoms with van der Waals surface area (Å²) in [6.45, 7) is 5.92. The zero-order valence-corrected chi connectivity index (χ0v) is 14.1. The van der Waals surface area contributed by atoms with Crippen molar-refractivity contribution in [2.24, 2.45) is 11.0 Å². The van der Waals surface area contributed by atoms with Crippen molar-refractivity contribution in [3.63, 3.8) is 0 Å². The molecule has 0 aromatic carbocycles. The summed E-state index contributed by atoms with van der Waals surface area (Å²) in [6, 6.07) is 0. The van der Waals surface area contributed by atoms with Gasteiger partial charge in [-0.1, -0.05) is 18.5 Å². The van der Waals surface area contributed by atoms with E-state index >= 15 is 0 Å². The Morgan fingerprint density at radius 3 is 2.74 bits per heavy atom. The SMILES string of the molecule is CCC[C@@H](CC(=O)OC)[C@H]1O[C@@H]1[C@@H]1OC(C)(C)O[C@@H]1CN=[N+]=[N-]. The quantitative estimate of drug-likeness (QED) is 0.224. The summed E-state index contributed by atoms with van der Waals surface area (Å²) < 4.78 is 22.3. The molecule has 0 aromatic heterocycles. The van der Waals surface area contributed by atoms with Gasteiger partial charge in [-0.15, -0.1) is 0 Å². The van der Waals surface area contributed by atoms with E-state index in [0.29, 0.717) is 6.42 Å². The number of hydrogen-bond acceptors (Lipinski definition) is 6. The fraction of sp³-hybridized carbons (Fsp3) is 0.933.